The molecular formula is C39H25N3O. The van der Waals surface area contributed by atoms with Crippen LogP contribution in [0.4, 0.5) is 0 Å². The first-order chi connectivity index (χ1) is 21.3. The summed E-state index contributed by atoms with van der Waals surface area (Å²) in [6, 6.07) is 51.6. The molecule has 2 aromatic heterocycles. The lowest BCUT2D eigenvalue weighted by Gasteiger charge is -2.10. The second-order valence-corrected chi connectivity index (χ2v) is 10.5. The topological polar surface area (TPSA) is 51.8 Å². The van der Waals surface area contributed by atoms with Crippen molar-refractivity contribution in [3.05, 3.63) is 152 Å². The summed E-state index contributed by atoms with van der Waals surface area (Å²) < 4.78 is 6.40. The standard InChI is InChI=1S/C39H25N3O/c1-4-12-26(13-5-1)29-18-10-19-31(24-29)38-40-37(28-16-8-3-9-17-28)41-39(42-38)33-20-11-21-34-36(33)32-23-22-30(25-35(32)43-34)27-14-6-2-7-15-27/h1-25H. The summed E-state index contributed by atoms with van der Waals surface area (Å²) in [5.41, 5.74) is 8.91. The van der Waals surface area contributed by atoms with Crippen molar-refractivity contribution in [1.29, 1.82) is 0 Å². The Labute approximate surface area is 249 Å². The van der Waals surface area contributed by atoms with Gasteiger partial charge in [0.15, 0.2) is 17.5 Å². The number of rotatable bonds is 5. The maximum Gasteiger partial charge on any atom is 0.164 e. The molecule has 0 saturated heterocycles. The SMILES string of the molecule is c1ccc(-c2cccc(-c3nc(-c4ccccc4)nc(-c4cccc5oc6cc(-c7ccccc7)ccc6c45)n3)c2)cc1. The van der Waals surface area contributed by atoms with E-state index in [1.165, 1.54) is 0 Å². The van der Waals surface area contributed by atoms with Crippen LogP contribution in [0.25, 0.3) is 78.4 Å². The second kappa shape index (κ2) is 10.5. The molecule has 0 amide bonds. The second-order valence-electron chi connectivity index (χ2n) is 10.5. The molecule has 0 aliphatic rings. The Morgan fingerprint density at radius 2 is 0.884 bits per heavy atom. The summed E-state index contributed by atoms with van der Waals surface area (Å²) in [4.78, 5) is 15.1. The molecule has 0 radical (unpaired) electrons. The van der Waals surface area contributed by atoms with E-state index in [-0.39, 0.29) is 0 Å². The molecule has 4 nitrogen and oxygen atoms in total. The van der Waals surface area contributed by atoms with Crippen molar-refractivity contribution in [1.82, 2.24) is 15.0 Å². The van der Waals surface area contributed by atoms with Gasteiger partial charge in [0.05, 0.1) is 0 Å². The van der Waals surface area contributed by atoms with E-state index in [9.17, 15) is 0 Å². The minimum absolute atomic E-state index is 0.606. The van der Waals surface area contributed by atoms with Crippen molar-refractivity contribution in [3.8, 4) is 56.4 Å². The Kier molecular flexibility index (Phi) is 6.08. The third-order valence-corrected chi connectivity index (χ3v) is 7.74. The molecule has 0 bridgehead atoms. The highest BCUT2D eigenvalue weighted by atomic mass is 16.3. The number of benzene rings is 6. The van der Waals surface area contributed by atoms with Crippen LogP contribution in [0.3, 0.4) is 0 Å². The summed E-state index contributed by atoms with van der Waals surface area (Å²) in [6.07, 6.45) is 0. The number of hydrogen-bond acceptors (Lipinski definition) is 4. The lowest BCUT2D eigenvalue weighted by atomic mass is 10.0. The molecule has 0 aliphatic heterocycles. The molecule has 202 valence electrons. The molecule has 0 atom stereocenters. The predicted octanol–water partition coefficient (Wildman–Crippen LogP) is 10.1. The zero-order valence-electron chi connectivity index (χ0n) is 23.2. The highest BCUT2D eigenvalue weighted by molar-refractivity contribution is 6.12. The lowest BCUT2D eigenvalue weighted by molar-refractivity contribution is 0.669. The molecule has 8 rings (SSSR count). The van der Waals surface area contributed by atoms with Crippen molar-refractivity contribution < 1.29 is 4.42 Å². The fraction of sp³-hybridized carbons (Fsp3) is 0. The van der Waals surface area contributed by atoms with Gasteiger partial charge in [0.25, 0.3) is 0 Å². The number of furan rings is 1. The Hall–Kier alpha value is -5.87. The monoisotopic (exact) mass is 551 g/mol. The van der Waals surface area contributed by atoms with Gasteiger partial charge in [0, 0.05) is 27.5 Å². The van der Waals surface area contributed by atoms with Crippen LogP contribution in [0.2, 0.25) is 0 Å². The molecule has 0 N–H and O–H groups in total. The van der Waals surface area contributed by atoms with E-state index in [2.05, 4.69) is 97.1 Å². The van der Waals surface area contributed by atoms with Gasteiger partial charge in [-0.3, -0.25) is 0 Å². The van der Waals surface area contributed by atoms with E-state index in [0.717, 1.165) is 60.9 Å². The van der Waals surface area contributed by atoms with Crippen molar-refractivity contribution >= 4 is 21.9 Å². The number of nitrogens with zero attached hydrogens (tertiary/aromatic N) is 3. The lowest BCUT2D eigenvalue weighted by Crippen LogP contribution is -2.00. The first-order valence-corrected chi connectivity index (χ1v) is 14.3. The van der Waals surface area contributed by atoms with Crippen LogP contribution in [0.15, 0.2) is 156 Å². The summed E-state index contributed by atoms with van der Waals surface area (Å²) >= 11 is 0. The van der Waals surface area contributed by atoms with Crippen LogP contribution >= 0.6 is 0 Å². The maximum atomic E-state index is 6.40. The summed E-state index contributed by atoms with van der Waals surface area (Å²) in [6.45, 7) is 0. The third kappa shape index (κ3) is 4.65. The van der Waals surface area contributed by atoms with Gasteiger partial charge in [0.2, 0.25) is 0 Å². The molecule has 0 spiro atoms. The first-order valence-electron chi connectivity index (χ1n) is 14.3. The van der Waals surface area contributed by atoms with Gasteiger partial charge >= 0.3 is 0 Å². The van der Waals surface area contributed by atoms with E-state index < -0.39 is 0 Å². The Morgan fingerprint density at radius 1 is 0.349 bits per heavy atom. The van der Waals surface area contributed by atoms with Gasteiger partial charge in [-0.15, -0.1) is 0 Å². The van der Waals surface area contributed by atoms with Crippen LogP contribution in [-0.4, -0.2) is 15.0 Å². The fourth-order valence-electron chi connectivity index (χ4n) is 5.63. The van der Waals surface area contributed by atoms with Crippen molar-refractivity contribution in [3.63, 3.8) is 0 Å². The normalized spacial score (nSPS) is 11.3. The minimum Gasteiger partial charge on any atom is -0.456 e. The molecule has 2 heterocycles. The first kappa shape index (κ1) is 24.9. The smallest absolute Gasteiger partial charge is 0.164 e. The Balaban J connectivity index is 1.32. The quantitative estimate of drug-likeness (QED) is 0.214. The largest absolute Gasteiger partial charge is 0.456 e. The molecule has 8 aromatic rings. The molecular weight excluding hydrogens is 526 g/mol. The van der Waals surface area contributed by atoms with Crippen molar-refractivity contribution in [2.45, 2.75) is 0 Å². The van der Waals surface area contributed by atoms with Crippen LogP contribution in [0.1, 0.15) is 0 Å². The number of aromatic nitrogens is 3. The van der Waals surface area contributed by atoms with Crippen LogP contribution in [-0.2, 0) is 0 Å². The van der Waals surface area contributed by atoms with Gasteiger partial charge in [0.1, 0.15) is 11.2 Å². The van der Waals surface area contributed by atoms with Crippen LogP contribution < -0.4 is 0 Å². The maximum absolute atomic E-state index is 6.40. The highest BCUT2D eigenvalue weighted by Gasteiger charge is 2.18. The van der Waals surface area contributed by atoms with Gasteiger partial charge in [-0.2, -0.15) is 0 Å². The molecule has 0 unspecified atom stereocenters. The summed E-state index contributed by atoms with van der Waals surface area (Å²) in [5, 5.41) is 2.02. The molecule has 6 aromatic carbocycles. The molecule has 0 aliphatic carbocycles. The van der Waals surface area contributed by atoms with Gasteiger partial charge in [-0.25, -0.2) is 15.0 Å². The molecule has 4 heteroatoms. The van der Waals surface area contributed by atoms with E-state index in [1.54, 1.807) is 0 Å². The van der Waals surface area contributed by atoms with Crippen LogP contribution in [0, 0.1) is 0 Å². The van der Waals surface area contributed by atoms with Crippen molar-refractivity contribution in [2.24, 2.45) is 0 Å². The molecule has 43 heavy (non-hydrogen) atoms. The average molecular weight is 552 g/mol. The molecule has 0 fully saturated rings. The van der Waals surface area contributed by atoms with Crippen LogP contribution in [0.5, 0.6) is 0 Å². The minimum atomic E-state index is 0.606. The number of fused-ring (bicyclic) bond motifs is 3. The predicted molar refractivity (Wildman–Crippen MR) is 174 cm³/mol. The van der Waals surface area contributed by atoms with E-state index >= 15 is 0 Å². The van der Waals surface area contributed by atoms with Crippen molar-refractivity contribution in [2.75, 3.05) is 0 Å². The summed E-state index contributed by atoms with van der Waals surface area (Å²) in [7, 11) is 0. The Bertz CT molecular complexity index is 2220. The van der Waals surface area contributed by atoms with Gasteiger partial charge in [-0.1, -0.05) is 127 Å². The fourth-order valence-corrected chi connectivity index (χ4v) is 5.63. The average Bonchev–Trinajstić information content (AvgIpc) is 3.47. The van der Waals surface area contributed by atoms with Gasteiger partial charge < -0.3 is 4.42 Å². The third-order valence-electron chi connectivity index (χ3n) is 7.74. The van der Waals surface area contributed by atoms with E-state index in [4.69, 9.17) is 19.4 Å². The zero-order valence-corrected chi connectivity index (χ0v) is 23.2. The highest BCUT2D eigenvalue weighted by Crippen LogP contribution is 2.38. The molecule has 0 saturated carbocycles. The van der Waals surface area contributed by atoms with E-state index in [1.807, 2.05) is 54.6 Å². The number of hydrogen-bond donors (Lipinski definition) is 0. The van der Waals surface area contributed by atoms with E-state index in [0.29, 0.717) is 17.5 Å². The Morgan fingerprint density at radius 3 is 1.58 bits per heavy atom. The summed E-state index contributed by atoms with van der Waals surface area (Å²) in [5.74, 6) is 1.86. The van der Waals surface area contributed by atoms with Gasteiger partial charge in [-0.05, 0) is 46.5 Å². The zero-order chi connectivity index (χ0) is 28.6.